The number of carbonyl (C=O) groups excluding carboxylic acids is 3. The molecular formula is C26H31N3O6. The maximum atomic E-state index is 13.0. The summed E-state index contributed by atoms with van der Waals surface area (Å²) >= 11 is 0. The van der Waals surface area contributed by atoms with Crippen LogP contribution in [0.5, 0.6) is 17.2 Å². The Labute approximate surface area is 204 Å². The van der Waals surface area contributed by atoms with E-state index in [1.807, 2.05) is 6.92 Å². The molecule has 3 amide bonds. The van der Waals surface area contributed by atoms with Gasteiger partial charge in [-0.1, -0.05) is 6.92 Å². The molecule has 2 aliphatic heterocycles. The standard InChI is InChI=1S/C26H31N3O6/c1-3-12-27-25(31)23(28-24(30)19-6-9-21-22(15-19)35-16-34-21)17-10-13-29(14-11-17)26(32)18-4-7-20(33-2)8-5-18/h4-9,15,17,23H,3,10-14,16H2,1-2H3,(H,27,31)(H,28,30). The zero-order valence-corrected chi connectivity index (χ0v) is 20.0. The Kier molecular flexibility index (Phi) is 7.74. The largest absolute Gasteiger partial charge is 0.497 e. The SMILES string of the molecule is CCCNC(=O)C(NC(=O)c1ccc2c(c1)OCO2)C1CCN(C(=O)c2ccc(OC)cc2)CC1. The summed E-state index contributed by atoms with van der Waals surface area (Å²) in [6.07, 6.45) is 2.00. The molecule has 9 nitrogen and oxygen atoms in total. The first-order chi connectivity index (χ1) is 17.0. The number of carbonyl (C=O) groups is 3. The van der Waals surface area contributed by atoms with E-state index < -0.39 is 6.04 Å². The number of piperidine rings is 1. The third-order valence-electron chi connectivity index (χ3n) is 6.39. The van der Waals surface area contributed by atoms with Gasteiger partial charge in [0.25, 0.3) is 11.8 Å². The monoisotopic (exact) mass is 481 g/mol. The van der Waals surface area contributed by atoms with Gasteiger partial charge < -0.3 is 29.7 Å². The Balaban J connectivity index is 1.42. The van der Waals surface area contributed by atoms with Crippen molar-refractivity contribution in [2.75, 3.05) is 33.5 Å². The van der Waals surface area contributed by atoms with Crippen molar-refractivity contribution < 1.29 is 28.6 Å². The van der Waals surface area contributed by atoms with Gasteiger partial charge in [-0.15, -0.1) is 0 Å². The van der Waals surface area contributed by atoms with Crippen molar-refractivity contribution in [1.29, 1.82) is 0 Å². The van der Waals surface area contributed by atoms with E-state index in [0.29, 0.717) is 60.9 Å². The number of hydrogen-bond acceptors (Lipinski definition) is 6. The number of nitrogens with zero attached hydrogens (tertiary/aromatic N) is 1. The highest BCUT2D eigenvalue weighted by molar-refractivity contribution is 5.98. The van der Waals surface area contributed by atoms with E-state index in [0.717, 1.165) is 6.42 Å². The third-order valence-corrected chi connectivity index (χ3v) is 6.39. The smallest absolute Gasteiger partial charge is 0.253 e. The number of likely N-dealkylation sites (tertiary alicyclic amines) is 1. The number of rotatable bonds is 8. The molecule has 2 aromatic rings. The summed E-state index contributed by atoms with van der Waals surface area (Å²) in [4.78, 5) is 40.7. The summed E-state index contributed by atoms with van der Waals surface area (Å²) in [5.41, 5.74) is 0.993. The van der Waals surface area contributed by atoms with Crippen molar-refractivity contribution in [3.05, 3.63) is 53.6 Å². The van der Waals surface area contributed by atoms with Gasteiger partial charge in [0, 0.05) is 30.8 Å². The Bertz CT molecular complexity index is 1060. The van der Waals surface area contributed by atoms with Gasteiger partial charge in [0.15, 0.2) is 11.5 Å². The number of ether oxygens (including phenoxy) is 3. The zero-order chi connectivity index (χ0) is 24.8. The molecule has 4 rings (SSSR count). The van der Waals surface area contributed by atoms with Gasteiger partial charge in [0.1, 0.15) is 11.8 Å². The minimum atomic E-state index is -0.697. The number of fused-ring (bicyclic) bond motifs is 1. The highest BCUT2D eigenvalue weighted by atomic mass is 16.7. The number of nitrogens with one attached hydrogen (secondary N) is 2. The molecule has 2 aromatic carbocycles. The molecule has 35 heavy (non-hydrogen) atoms. The molecule has 1 saturated heterocycles. The first-order valence-corrected chi connectivity index (χ1v) is 11.9. The average molecular weight is 482 g/mol. The van der Waals surface area contributed by atoms with Gasteiger partial charge in [0.05, 0.1) is 7.11 Å². The Morgan fingerprint density at radius 1 is 1.03 bits per heavy atom. The van der Waals surface area contributed by atoms with Crippen LogP contribution in [0.4, 0.5) is 0 Å². The van der Waals surface area contributed by atoms with E-state index in [-0.39, 0.29) is 30.4 Å². The first-order valence-electron chi connectivity index (χ1n) is 11.9. The maximum absolute atomic E-state index is 13.0. The predicted octanol–water partition coefficient (Wildman–Crippen LogP) is 2.60. The molecule has 2 N–H and O–H groups in total. The van der Waals surface area contributed by atoms with Crippen LogP contribution in [0.1, 0.15) is 46.9 Å². The first kappa shape index (κ1) is 24.4. The lowest BCUT2D eigenvalue weighted by molar-refractivity contribution is -0.124. The van der Waals surface area contributed by atoms with Crippen molar-refractivity contribution >= 4 is 17.7 Å². The van der Waals surface area contributed by atoms with E-state index in [9.17, 15) is 14.4 Å². The predicted molar refractivity (Wildman–Crippen MR) is 129 cm³/mol. The molecule has 0 aromatic heterocycles. The summed E-state index contributed by atoms with van der Waals surface area (Å²) in [6.45, 7) is 3.64. The Morgan fingerprint density at radius 2 is 1.71 bits per heavy atom. The van der Waals surface area contributed by atoms with Gasteiger partial charge >= 0.3 is 0 Å². The Hall–Kier alpha value is -3.75. The lowest BCUT2D eigenvalue weighted by Crippen LogP contribution is -2.54. The summed E-state index contributed by atoms with van der Waals surface area (Å²) < 4.78 is 15.8. The lowest BCUT2D eigenvalue weighted by Gasteiger charge is -2.36. The third kappa shape index (κ3) is 5.67. The molecule has 2 heterocycles. The van der Waals surface area contributed by atoms with Gasteiger partial charge in [0.2, 0.25) is 12.7 Å². The molecule has 9 heteroatoms. The Morgan fingerprint density at radius 3 is 2.40 bits per heavy atom. The number of benzene rings is 2. The fraction of sp³-hybridized carbons (Fsp3) is 0.423. The summed E-state index contributed by atoms with van der Waals surface area (Å²) in [5, 5.41) is 5.83. The number of amides is 3. The number of methoxy groups -OCH3 is 1. The highest BCUT2D eigenvalue weighted by Crippen LogP contribution is 2.32. The fourth-order valence-electron chi connectivity index (χ4n) is 4.37. The van der Waals surface area contributed by atoms with Gasteiger partial charge in [-0.3, -0.25) is 14.4 Å². The van der Waals surface area contributed by atoms with E-state index in [1.54, 1.807) is 54.5 Å². The van der Waals surface area contributed by atoms with Crippen molar-refractivity contribution in [2.24, 2.45) is 5.92 Å². The molecule has 186 valence electrons. The average Bonchev–Trinajstić information content (AvgIpc) is 3.38. The van der Waals surface area contributed by atoms with Crippen LogP contribution in [0.15, 0.2) is 42.5 Å². The topological polar surface area (TPSA) is 106 Å². The van der Waals surface area contributed by atoms with E-state index >= 15 is 0 Å². The van der Waals surface area contributed by atoms with Gasteiger partial charge in [-0.25, -0.2) is 0 Å². The minimum Gasteiger partial charge on any atom is -0.497 e. The molecule has 0 spiro atoms. The molecule has 1 unspecified atom stereocenters. The van der Waals surface area contributed by atoms with Crippen molar-refractivity contribution in [3.63, 3.8) is 0 Å². The quantitative estimate of drug-likeness (QED) is 0.600. The molecule has 0 bridgehead atoms. The van der Waals surface area contributed by atoms with Crippen LogP contribution < -0.4 is 24.8 Å². The van der Waals surface area contributed by atoms with Crippen LogP contribution >= 0.6 is 0 Å². The van der Waals surface area contributed by atoms with E-state index in [1.165, 1.54) is 0 Å². The molecule has 1 atom stereocenters. The molecule has 0 radical (unpaired) electrons. The van der Waals surface area contributed by atoms with Crippen molar-refractivity contribution in [3.8, 4) is 17.2 Å². The van der Waals surface area contributed by atoms with E-state index in [2.05, 4.69) is 10.6 Å². The molecule has 2 aliphatic rings. The molecule has 1 fully saturated rings. The zero-order valence-electron chi connectivity index (χ0n) is 20.0. The van der Waals surface area contributed by atoms with Crippen LogP contribution in [0.3, 0.4) is 0 Å². The van der Waals surface area contributed by atoms with Crippen LogP contribution in [0.25, 0.3) is 0 Å². The fourth-order valence-corrected chi connectivity index (χ4v) is 4.37. The molecule has 0 saturated carbocycles. The molecular weight excluding hydrogens is 450 g/mol. The van der Waals surface area contributed by atoms with E-state index in [4.69, 9.17) is 14.2 Å². The second kappa shape index (κ2) is 11.1. The second-order valence-corrected chi connectivity index (χ2v) is 8.67. The van der Waals surface area contributed by atoms with Crippen molar-refractivity contribution in [2.45, 2.75) is 32.2 Å². The van der Waals surface area contributed by atoms with Crippen LogP contribution in [0.2, 0.25) is 0 Å². The van der Waals surface area contributed by atoms with Crippen LogP contribution in [-0.2, 0) is 4.79 Å². The lowest BCUT2D eigenvalue weighted by atomic mass is 9.88. The second-order valence-electron chi connectivity index (χ2n) is 8.67. The normalized spacial score (nSPS) is 15.9. The van der Waals surface area contributed by atoms with Crippen molar-refractivity contribution in [1.82, 2.24) is 15.5 Å². The summed E-state index contributed by atoms with van der Waals surface area (Å²) in [5.74, 6) is 1.09. The highest BCUT2D eigenvalue weighted by Gasteiger charge is 2.34. The molecule has 0 aliphatic carbocycles. The number of hydrogen-bond donors (Lipinski definition) is 2. The van der Waals surface area contributed by atoms with Gasteiger partial charge in [-0.05, 0) is 67.6 Å². The summed E-state index contributed by atoms with van der Waals surface area (Å²) in [6, 6.07) is 11.3. The summed E-state index contributed by atoms with van der Waals surface area (Å²) in [7, 11) is 1.58. The van der Waals surface area contributed by atoms with Crippen LogP contribution in [0, 0.1) is 5.92 Å². The minimum absolute atomic E-state index is 0.0533. The maximum Gasteiger partial charge on any atom is 0.253 e. The van der Waals surface area contributed by atoms with Crippen LogP contribution in [-0.4, -0.2) is 62.2 Å². The van der Waals surface area contributed by atoms with Gasteiger partial charge in [-0.2, -0.15) is 0 Å².